The molecule has 0 fully saturated rings. The van der Waals surface area contributed by atoms with E-state index in [0.29, 0.717) is 52.7 Å². The van der Waals surface area contributed by atoms with Gasteiger partial charge in [-0.3, -0.25) is 0 Å². The van der Waals surface area contributed by atoms with E-state index in [4.69, 9.17) is 19.9 Å². The van der Waals surface area contributed by atoms with Gasteiger partial charge in [0.05, 0.1) is 39.2 Å². The van der Waals surface area contributed by atoms with E-state index in [1.54, 1.807) is 4.68 Å². The van der Waals surface area contributed by atoms with E-state index < -0.39 is 0 Å². The molecule has 25 heavy (non-hydrogen) atoms. The van der Waals surface area contributed by atoms with E-state index in [0.717, 1.165) is 22.2 Å². The molecular weight excluding hydrogens is 388 g/mol. The fourth-order valence-corrected chi connectivity index (χ4v) is 2.62. The predicted octanol–water partition coefficient (Wildman–Crippen LogP) is 2.11. The second-order valence-corrected chi connectivity index (χ2v) is 6.18. The SMILES string of the molecule is NCCOCCOCCCOCCn1cc(-c2ccccc2Br)nn1. The van der Waals surface area contributed by atoms with Gasteiger partial charge in [-0.05, 0) is 12.5 Å². The van der Waals surface area contributed by atoms with Gasteiger partial charge < -0.3 is 19.9 Å². The average Bonchev–Trinajstić information content (AvgIpc) is 3.09. The van der Waals surface area contributed by atoms with Crippen LogP contribution in [0.5, 0.6) is 0 Å². The third-order valence-electron chi connectivity index (χ3n) is 3.36. The quantitative estimate of drug-likeness (QED) is 0.507. The molecule has 0 saturated heterocycles. The zero-order valence-electron chi connectivity index (χ0n) is 14.3. The minimum absolute atomic E-state index is 0.545. The molecule has 0 atom stereocenters. The Morgan fingerprint density at radius 2 is 1.68 bits per heavy atom. The Balaban J connectivity index is 1.54. The zero-order chi connectivity index (χ0) is 17.7. The average molecular weight is 413 g/mol. The number of aromatic nitrogens is 3. The van der Waals surface area contributed by atoms with Crippen molar-refractivity contribution in [2.24, 2.45) is 5.73 Å². The summed E-state index contributed by atoms with van der Waals surface area (Å²) in [6, 6.07) is 7.96. The maximum Gasteiger partial charge on any atom is 0.114 e. The fraction of sp³-hybridized carbons (Fsp3) is 0.529. The number of benzene rings is 1. The Labute approximate surface area is 156 Å². The maximum absolute atomic E-state index is 5.60. The van der Waals surface area contributed by atoms with Gasteiger partial charge in [-0.25, -0.2) is 4.68 Å². The summed E-state index contributed by atoms with van der Waals surface area (Å²) in [7, 11) is 0. The summed E-state index contributed by atoms with van der Waals surface area (Å²) in [6.45, 7) is 4.91. The summed E-state index contributed by atoms with van der Waals surface area (Å²) < 4.78 is 19.0. The van der Waals surface area contributed by atoms with Crippen LogP contribution in [0.3, 0.4) is 0 Å². The molecule has 0 aliphatic heterocycles. The van der Waals surface area contributed by atoms with Gasteiger partial charge in [0.2, 0.25) is 0 Å². The Kier molecular flexibility index (Phi) is 9.68. The normalized spacial score (nSPS) is 11.1. The number of nitrogens with two attached hydrogens (primary N) is 1. The number of rotatable bonds is 13. The Morgan fingerprint density at radius 3 is 2.44 bits per heavy atom. The van der Waals surface area contributed by atoms with Crippen LogP contribution in [0.15, 0.2) is 34.9 Å². The molecule has 0 radical (unpaired) electrons. The first-order chi connectivity index (χ1) is 12.3. The van der Waals surface area contributed by atoms with E-state index in [9.17, 15) is 0 Å². The number of nitrogens with zero attached hydrogens (tertiary/aromatic N) is 3. The highest BCUT2D eigenvalue weighted by atomic mass is 79.9. The molecule has 1 aromatic carbocycles. The smallest absolute Gasteiger partial charge is 0.114 e. The first kappa shape index (κ1) is 20.0. The molecule has 0 spiro atoms. The molecule has 0 saturated carbocycles. The standard InChI is InChI=1S/C17H25BrN4O3/c18-16-5-2-1-4-15(16)17-14-22(21-20-17)7-11-23-8-3-9-24-12-13-25-10-6-19/h1-2,4-5,14H,3,6-13,19H2. The highest BCUT2D eigenvalue weighted by molar-refractivity contribution is 9.10. The van der Waals surface area contributed by atoms with Crippen LogP contribution >= 0.6 is 15.9 Å². The van der Waals surface area contributed by atoms with E-state index in [1.807, 2.05) is 30.5 Å². The Bertz CT molecular complexity index is 609. The second-order valence-electron chi connectivity index (χ2n) is 5.33. The first-order valence-electron chi connectivity index (χ1n) is 8.39. The first-order valence-corrected chi connectivity index (χ1v) is 9.19. The Hall–Kier alpha value is -1.32. The van der Waals surface area contributed by atoms with Gasteiger partial charge >= 0.3 is 0 Å². The highest BCUT2D eigenvalue weighted by Crippen LogP contribution is 2.25. The lowest BCUT2D eigenvalue weighted by molar-refractivity contribution is 0.0368. The fourth-order valence-electron chi connectivity index (χ4n) is 2.13. The van der Waals surface area contributed by atoms with E-state index in [-0.39, 0.29) is 0 Å². The summed E-state index contributed by atoms with van der Waals surface area (Å²) in [4.78, 5) is 0. The molecule has 138 valence electrons. The topological polar surface area (TPSA) is 84.4 Å². The molecule has 2 rings (SSSR count). The molecule has 1 aromatic heterocycles. The predicted molar refractivity (Wildman–Crippen MR) is 99.3 cm³/mol. The van der Waals surface area contributed by atoms with Gasteiger partial charge in [-0.2, -0.15) is 0 Å². The minimum Gasteiger partial charge on any atom is -0.379 e. The van der Waals surface area contributed by atoms with Crippen LogP contribution in [-0.2, 0) is 20.8 Å². The summed E-state index contributed by atoms with van der Waals surface area (Å²) in [5, 5.41) is 8.34. The Morgan fingerprint density at radius 1 is 0.960 bits per heavy atom. The van der Waals surface area contributed by atoms with Gasteiger partial charge in [0.1, 0.15) is 5.69 Å². The van der Waals surface area contributed by atoms with Crippen molar-refractivity contribution in [1.29, 1.82) is 0 Å². The van der Waals surface area contributed by atoms with Gasteiger partial charge in [0, 0.05) is 29.8 Å². The van der Waals surface area contributed by atoms with Crippen molar-refractivity contribution in [1.82, 2.24) is 15.0 Å². The minimum atomic E-state index is 0.545. The zero-order valence-corrected chi connectivity index (χ0v) is 15.9. The molecule has 2 N–H and O–H groups in total. The molecule has 0 aliphatic carbocycles. The maximum atomic E-state index is 5.60. The molecule has 0 amide bonds. The lowest BCUT2D eigenvalue weighted by Gasteiger charge is -2.06. The molecular formula is C17H25BrN4O3. The third kappa shape index (κ3) is 7.62. The molecule has 7 nitrogen and oxygen atoms in total. The van der Waals surface area contributed by atoms with Crippen molar-refractivity contribution in [3.8, 4) is 11.3 Å². The summed E-state index contributed by atoms with van der Waals surface area (Å²) in [5.41, 5.74) is 7.20. The van der Waals surface area contributed by atoms with Crippen LogP contribution < -0.4 is 5.73 Å². The largest absolute Gasteiger partial charge is 0.379 e. The molecule has 1 heterocycles. The van der Waals surface area contributed by atoms with Gasteiger partial charge in [-0.15, -0.1) is 5.10 Å². The molecule has 2 aromatic rings. The van der Waals surface area contributed by atoms with Crippen LogP contribution in [0.2, 0.25) is 0 Å². The van der Waals surface area contributed by atoms with E-state index in [1.165, 1.54) is 0 Å². The van der Waals surface area contributed by atoms with Crippen LogP contribution in [-0.4, -0.2) is 61.2 Å². The lowest BCUT2D eigenvalue weighted by atomic mass is 10.2. The monoisotopic (exact) mass is 412 g/mol. The number of hydrogen-bond acceptors (Lipinski definition) is 6. The summed E-state index contributed by atoms with van der Waals surface area (Å²) in [5.74, 6) is 0. The molecule has 8 heteroatoms. The lowest BCUT2D eigenvalue weighted by Crippen LogP contribution is -2.13. The van der Waals surface area contributed by atoms with Gasteiger partial charge in [0.15, 0.2) is 0 Å². The number of ether oxygens (including phenoxy) is 3. The van der Waals surface area contributed by atoms with Crippen LogP contribution in [0.1, 0.15) is 6.42 Å². The van der Waals surface area contributed by atoms with Gasteiger partial charge in [-0.1, -0.05) is 39.3 Å². The van der Waals surface area contributed by atoms with Crippen molar-refractivity contribution >= 4 is 15.9 Å². The molecule has 0 aliphatic rings. The number of hydrogen-bond donors (Lipinski definition) is 1. The van der Waals surface area contributed by atoms with Crippen LogP contribution in [0.4, 0.5) is 0 Å². The van der Waals surface area contributed by atoms with Crippen molar-refractivity contribution in [3.05, 3.63) is 34.9 Å². The van der Waals surface area contributed by atoms with Crippen LogP contribution in [0.25, 0.3) is 11.3 Å². The highest BCUT2D eigenvalue weighted by Gasteiger charge is 2.06. The van der Waals surface area contributed by atoms with Crippen molar-refractivity contribution in [3.63, 3.8) is 0 Å². The number of halogens is 1. The summed E-state index contributed by atoms with van der Waals surface area (Å²) >= 11 is 3.53. The summed E-state index contributed by atoms with van der Waals surface area (Å²) in [6.07, 6.45) is 2.78. The van der Waals surface area contributed by atoms with E-state index in [2.05, 4.69) is 26.2 Å². The molecule has 0 unspecified atom stereocenters. The second kappa shape index (κ2) is 12.1. The van der Waals surface area contributed by atoms with E-state index >= 15 is 0 Å². The van der Waals surface area contributed by atoms with Crippen molar-refractivity contribution < 1.29 is 14.2 Å². The van der Waals surface area contributed by atoms with Crippen molar-refractivity contribution in [2.45, 2.75) is 13.0 Å². The van der Waals surface area contributed by atoms with Crippen LogP contribution in [0, 0.1) is 0 Å². The van der Waals surface area contributed by atoms with Crippen molar-refractivity contribution in [2.75, 3.05) is 46.2 Å². The van der Waals surface area contributed by atoms with Gasteiger partial charge in [0.25, 0.3) is 0 Å². The third-order valence-corrected chi connectivity index (χ3v) is 4.06. The molecule has 0 bridgehead atoms.